The number of aryl methyl sites for hydroxylation is 1. The second kappa shape index (κ2) is 13.2. The van der Waals surface area contributed by atoms with E-state index < -0.39 is 42.5 Å². The van der Waals surface area contributed by atoms with E-state index in [9.17, 15) is 22.0 Å². The molecule has 268 valence electrons. The number of pyridine rings is 1. The van der Waals surface area contributed by atoms with Crippen molar-refractivity contribution in [1.29, 1.82) is 0 Å². The Labute approximate surface area is 282 Å². The summed E-state index contributed by atoms with van der Waals surface area (Å²) >= 11 is 0. The van der Waals surface area contributed by atoms with E-state index in [0.717, 1.165) is 44.8 Å². The van der Waals surface area contributed by atoms with Gasteiger partial charge in [-0.1, -0.05) is 6.07 Å². The molecule has 2 unspecified atom stereocenters. The van der Waals surface area contributed by atoms with Crippen molar-refractivity contribution in [3.05, 3.63) is 41.6 Å². The van der Waals surface area contributed by atoms with Crippen molar-refractivity contribution in [3.8, 4) is 23.0 Å². The van der Waals surface area contributed by atoms with Crippen molar-refractivity contribution in [2.24, 2.45) is 0 Å². The molecule has 4 aromatic rings. The first-order valence-corrected chi connectivity index (χ1v) is 16.6. The summed E-state index contributed by atoms with van der Waals surface area (Å²) in [6.07, 6.45) is -1.96. The smallest absolute Gasteiger partial charge is 0.461 e. The average molecular weight is 708 g/mol. The van der Waals surface area contributed by atoms with Crippen LogP contribution in [0.25, 0.3) is 32.9 Å². The van der Waals surface area contributed by atoms with Crippen molar-refractivity contribution >= 4 is 33.2 Å². The summed E-state index contributed by atoms with van der Waals surface area (Å²) in [4.78, 5) is 17.8. The number of nitrogens with zero attached hydrogens (tertiary/aromatic N) is 5. The Hall–Kier alpha value is -4.18. The number of fused-ring (bicyclic) bond motifs is 2. The Kier molecular flexibility index (Phi) is 9.03. The predicted molar refractivity (Wildman–Crippen MR) is 173 cm³/mol. The summed E-state index contributed by atoms with van der Waals surface area (Å²) in [5, 5.41) is 1.95. The number of hydrogen-bond donors (Lipinski definition) is 2. The van der Waals surface area contributed by atoms with Gasteiger partial charge in [0.1, 0.15) is 30.4 Å². The first-order valence-electron chi connectivity index (χ1n) is 16.6. The first kappa shape index (κ1) is 34.3. The average Bonchev–Trinajstić information content (AvgIpc) is 3.64. The number of alkyl halides is 5. The Morgan fingerprint density at radius 3 is 2.54 bits per heavy atom. The number of halogens is 7. The molecule has 16 heteroatoms. The van der Waals surface area contributed by atoms with Crippen molar-refractivity contribution in [1.82, 2.24) is 25.2 Å². The number of nitrogen functional groups attached to an aromatic ring is 1. The van der Waals surface area contributed by atoms with Gasteiger partial charge in [0, 0.05) is 22.7 Å². The SMILES string of the molecule is CC1CCCc2nc(-c3cc(N)cc4ccc(F)c(OC(F)(F)F)c34)c(F)c3nc(OCC45CCCN4CCC5)nc(c23)N1CC(F)NCF. The minimum Gasteiger partial charge on any atom is -0.461 e. The molecule has 0 amide bonds. The van der Waals surface area contributed by atoms with Crippen molar-refractivity contribution < 1.29 is 40.2 Å². The van der Waals surface area contributed by atoms with Crippen LogP contribution >= 0.6 is 0 Å². The normalized spacial score (nSPS) is 19.8. The molecular weight excluding hydrogens is 671 g/mol. The zero-order chi connectivity index (χ0) is 35.4. The molecule has 50 heavy (non-hydrogen) atoms. The number of hydrogen-bond acceptors (Lipinski definition) is 9. The highest BCUT2D eigenvalue weighted by molar-refractivity contribution is 6.04. The molecule has 0 spiro atoms. The fourth-order valence-electron chi connectivity index (χ4n) is 7.85. The standard InChI is InChI=1S/C34H36F7N7O2/c1-18-5-2-6-23-26-29(27(38)28(44-23)21-14-20(42)13-19-7-8-22(36)30(25(19)21)50-34(39,40)41)45-32(46-31(26)48(18)15-24(37)43-17-35)49-16-33-9-3-11-47(33)12-4-10-33/h7-8,13-14,18,24,43H,2-6,9-12,15-17,42H2,1H3. The van der Waals surface area contributed by atoms with Crippen LogP contribution in [-0.4, -0.2) is 77.1 Å². The van der Waals surface area contributed by atoms with Crippen LogP contribution in [0.3, 0.4) is 0 Å². The molecule has 3 aliphatic heterocycles. The number of nitrogens with one attached hydrogen (secondary N) is 1. The molecule has 2 fully saturated rings. The number of ether oxygens (including phenoxy) is 2. The zero-order valence-corrected chi connectivity index (χ0v) is 27.2. The minimum atomic E-state index is -5.27. The van der Waals surface area contributed by atoms with E-state index in [-0.39, 0.29) is 81.6 Å². The Balaban J connectivity index is 1.46. The molecule has 0 aliphatic carbocycles. The maximum atomic E-state index is 17.1. The van der Waals surface area contributed by atoms with Gasteiger partial charge in [0.2, 0.25) is 0 Å². The maximum Gasteiger partial charge on any atom is 0.573 e. The lowest BCUT2D eigenvalue weighted by Gasteiger charge is -2.35. The highest BCUT2D eigenvalue weighted by atomic mass is 19.4. The number of benzene rings is 2. The molecule has 9 nitrogen and oxygen atoms in total. The molecule has 5 heterocycles. The van der Waals surface area contributed by atoms with Gasteiger partial charge in [0.25, 0.3) is 0 Å². The quantitative estimate of drug-likeness (QED) is 0.109. The van der Waals surface area contributed by atoms with Crippen molar-refractivity contribution in [2.75, 3.05) is 43.7 Å². The third kappa shape index (κ3) is 6.31. The largest absolute Gasteiger partial charge is 0.573 e. The number of aromatic nitrogens is 3. The lowest BCUT2D eigenvalue weighted by atomic mass is 9.95. The first-order chi connectivity index (χ1) is 23.9. The summed E-state index contributed by atoms with van der Waals surface area (Å²) < 4.78 is 111. The second-order valence-corrected chi connectivity index (χ2v) is 13.3. The van der Waals surface area contributed by atoms with Gasteiger partial charge in [0.05, 0.1) is 23.2 Å². The topological polar surface area (TPSA) is 102 Å². The highest BCUT2D eigenvalue weighted by Gasteiger charge is 2.45. The fourth-order valence-corrected chi connectivity index (χ4v) is 7.85. The van der Waals surface area contributed by atoms with Crippen LogP contribution in [0.4, 0.5) is 42.2 Å². The molecule has 2 saturated heterocycles. The van der Waals surface area contributed by atoms with Gasteiger partial charge < -0.3 is 20.1 Å². The van der Waals surface area contributed by atoms with Crippen LogP contribution in [0.5, 0.6) is 11.8 Å². The molecule has 0 bridgehead atoms. The lowest BCUT2D eigenvalue weighted by molar-refractivity contribution is -0.275. The molecule has 2 atom stereocenters. The predicted octanol–water partition coefficient (Wildman–Crippen LogP) is 6.95. The fraction of sp³-hybridized carbons (Fsp3) is 0.500. The molecule has 0 saturated carbocycles. The van der Waals surface area contributed by atoms with E-state index in [1.807, 2.05) is 6.92 Å². The van der Waals surface area contributed by atoms with E-state index in [2.05, 4.69) is 29.9 Å². The number of anilines is 2. The van der Waals surface area contributed by atoms with Gasteiger partial charge in [-0.15, -0.1) is 13.2 Å². The van der Waals surface area contributed by atoms with E-state index in [4.69, 9.17) is 10.5 Å². The van der Waals surface area contributed by atoms with Crippen LogP contribution in [-0.2, 0) is 6.42 Å². The maximum absolute atomic E-state index is 17.1. The Morgan fingerprint density at radius 2 is 1.82 bits per heavy atom. The lowest BCUT2D eigenvalue weighted by Crippen LogP contribution is -2.44. The van der Waals surface area contributed by atoms with Crippen LogP contribution < -0.4 is 25.4 Å². The van der Waals surface area contributed by atoms with E-state index >= 15 is 8.78 Å². The van der Waals surface area contributed by atoms with Crippen molar-refractivity contribution in [3.63, 3.8) is 0 Å². The summed E-state index contributed by atoms with van der Waals surface area (Å²) in [6.45, 7) is 2.49. The molecule has 7 rings (SSSR count). The minimum absolute atomic E-state index is 0.0553. The van der Waals surface area contributed by atoms with Crippen LogP contribution in [0.15, 0.2) is 24.3 Å². The van der Waals surface area contributed by atoms with Gasteiger partial charge in [-0.05, 0) is 88.5 Å². The van der Waals surface area contributed by atoms with Crippen molar-refractivity contribution in [2.45, 2.75) is 76.1 Å². The number of nitrogens with two attached hydrogens (primary N) is 1. The van der Waals surface area contributed by atoms with Crippen LogP contribution in [0.1, 0.15) is 51.1 Å². The van der Waals surface area contributed by atoms with Crippen LogP contribution in [0.2, 0.25) is 0 Å². The summed E-state index contributed by atoms with van der Waals surface area (Å²) in [5.74, 6) is -3.41. The molecule has 2 aromatic heterocycles. The summed E-state index contributed by atoms with van der Waals surface area (Å²) in [5.41, 5.74) is 5.30. The second-order valence-electron chi connectivity index (χ2n) is 13.3. The number of rotatable bonds is 9. The molecule has 3 aliphatic rings. The Bertz CT molecular complexity index is 1920. The van der Waals surface area contributed by atoms with Gasteiger partial charge in [-0.3, -0.25) is 10.2 Å². The molecule has 2 aromatic carbocycles. The van der Waals surface area contributed by atoms with Gasteiger partial charge in [-0.2, -0.15) is 9.97 Å². The third-order valence-electron chi connectivity index (χ3n) is 10.1. The van der Waals surface area contributed by atoms with E-state index in [1.54, 1.807) is 4.90 Å². The Morgan fingerprint density at radius 1 is 1.06 bits per heavy atom. The monoisotopic (exact) mass is 707 g/mol. The van der Waals surface area contributed by atoms with E-state index in [1.165, 1.54) is 18.2 Å². The van der Waals surface area contributed by atoms with Gasteiger partial charge in [-0.25, -0.2) is 22.5 Å². The van der Waals surface area contributed by atoms with E-state index in [0.29, 0.717) is 12.8 Å². The summed E-state index contributed by atoms with van der Waals surface area (Å²) in [7, 11) is 0. The molecule has 3 N–H and O–H groups in total. The van der Waals surface area contributed by atoms with Crippen LogP contribution in [0, 0.1) is 11.6 Å². The molecule has 0 radical (unpaired) electrons. The molecular formula is C34H36F7N7O2. The van der Waals surface area contributed by atoms with Gasteiger partial charge in [0.15, 0.2) is 23.7 Å². The van der Waals surface area contributed by atoms with Gasteiger partial charge >= 0.3 is 12.4 Å². The summed E-state index contributed by atoms with van der Waals surface area (Å²) in [6, 6.07) is 4.04. The third-order valence-corrected chi connectivity index (χ3v) is 10.1. The zero-order valence-electron chi connectivity index (χ0n) is 27.2. The highest BCUT2D eigenvalue weighted by Crippen LogP contribution is 2.44.